The zero-order chi connectivity index (χ0) is 25.3. The van der Waals surface area contributed by atoms with Crippen molar-refractivity contribution in [2.75, 3.05) is 20.3 Å². The lowest BCUT2D eigenvalue weighted by Crippen LogP contribution is -2.49. The molecule has 0 aliphatic carbocycles. The number of amides is 2. The first-order valence-electron chi connectivity index (χ1n) is 11.7. The van der Waals surface area contributed by atoms with Gasteiger partial charge in [-0.1, -0.05) is 52.3 Å². The first kappa shape index (κ1) is 27.7. The van der Waals surface area contributed by atoms with Crippen LogP contribution < -0.4 is 14.8 Å². The number of halogens is 1. The van der Waals surface area contributed by atoms with E-state index in [0.717, 1.165) is 34.2 Å². The van der Waals surface area contributed by atoms with Crippen LogP contribution in [0.25, 0.3) is 0 Å². The van der Waals surface area contributed by atoms with Crippen molar-refractivity contribution < 1.29 is 19.1 Å². The number of rotatable bonds is 11. The fourth-order valence-corrected chi connectivity index (χ4v) is 3.85. The van der Waals surface area contributed by atoms with Gasteiger partial charge in [-0.2, -0.15) is 0 Å². The van der Waals surface area contributed by atoms with Crippen molar-refractivity contribution >= 4 is 27.7 Å². The molecule has 0 saturated carbocycles. The number of carbonyl (C=O) groups is 2. The van der Waals surface area contributed by atoms with Gasteiger partial charge in [0.05, 0.1) is 11.6 Å². The molecule has 6 nitrogen and oxygen atoms in total. The molecule has 1 atom stereocenters. The van der Waals surface area contributed by atoms with Crippen molar-refractivity contribution in [3.8, 4) is 11.5 Å². The predicted octanol–water partition coefficient (Wildman–Crippen LogP) is 5.47. The maximum atomic E-state index is 13.2. The topological polar surface area (TPSA) is 67.9 Å². The average molecular weight is 534 g/mol. The summed E-state index contributed by atoms with van der Waals surface area (Å²) in [4.78, 5) is 27.5. The van der Waals surface area contributed by atoms with Gasteiger partial charge < -0.3 is 19.7 Å². The Bertz CT molecular complexity index is 954. The predicted molar refractivity (Wildman–Crippen MR) is 139 cm³/mol. The van der Waals surface area contributed by atoms with E-state index >= 15 is 0 Å². The van der Waals surface area contributed by atoms with Crippen LogP contribution >= 0.6 is 15.9 Å². The van der Waals surface area contributed by atoms with Crippen molar-refractivity contribution in [1.82, 2.24) is 10.2 Å². The molecule has 0 aliphatic rings. The van der Waals surface area contributed by atoms with Crippen LogP contribution in [0.15, 0.2) is 46.9 Å². The second-order valence-corrected chi connectivity index (χ2v) is 10.2. The third kappa shape index (κ3) is 8.05. The van der Waals surface area contributed by atoms with Gasteiger partial charge in [-0.15, -0.1) is 0 Å². The number of unbranched alkanes of at least 4 members (excludes halogenated alkanes) is 1. The molecule has 0 fully saturated rings. The van der Waals surface area contributed by atoms with Crippen LogP contribution in [0.1, 0.15) is 58.6 Å². The van der Waals surface area contributed by atoms with Gasteiger partial charge in [-0.3, -0.25) is 9.59 Å². The van der Waals surface area contributed by atoms with Crippen LogP contribution in [0.2, 0.25) is 0 Å². The van der Waals surface area contributed by atoms with E-state index < -0.39 is 6.04 Å². The van der Waals surface area contributed by atoms with E-state index in [1.165, 1.54) is 0 Å². The summed E-state index contributed by atoms with van der Waals surface area (Å²) in [6.45, 7) is 11.0. The monoisotopic (exact) mass is 532 g/mol. The zero-order valence-corrected chi connectivity index (χ0v) is 22.7. The summed E-state index contributed by atoms with van der Waals surface area (Å²) < 4.78 is 11.9. The van der Waals surface area contributed by atoms with Gasteiger partial charge in [0.2, 0.25) is 5.91 Å². The molecule has 0 aliphatic heterocycles. The molecular weight excluding hydrogens is 496 g/mol. The minimum atomic E-state index is -0.637. The molecular formula is C27H37BrN2O4. The Balaban J connectivity index is 2.16. The number of methoxy groups -OCH3 is 1. The molecule has 0 heterocycles. The number of nitrogens with zero attached hydrogens (tertiary/aromatic N) is 1. The molecule has 7 heteroatoms. The van der Waals surface area contributed by atoms with E-state index in [4.69, 9.17) is 9.47 Å². The van der Waals surface area contributed by atoms with Gasteiger partial charge in [-0.05, 0) is 70.1 Å². The van der Waals surface area contributed by atoms with E-state index in [-0.39, 0.29) is 23.8 Å². The Morgan fingerprint density at radius 2 is 1.79 bits per heavy atom. The number of hydrogen-bond acceptors (Lipinski definition) is 4. The Morgan fingerprint density at radius 1 is 1.12 bits per heavy atom. The fraction of sp³-hybridized carbons (Fsp3) is 0.481. The van der Waals surface area contributed by atoms with Crippen molar-refractivity contribution in [2.24, 2.45) is 0 Å². The highest BCUT2D eigenvalue weighted by Crippen LogP contribution is 2.31. The highest BCUT2D eigenvalue weighted by atomic mass is 79.9. The van der Waals surface area contributed by atoms with Gasteiger partial charge in [0.15, 0.2) is 6.61 Å². The summed E-state index contributed by atoms with van der Waals surface area (Å²) in [7, 11) is 1.61. The normalized spacial score (nSPS) is 12.1. The second-order valence-electron chi connectivity index (χ2n) is 9.37. The second kappa shape index (κ2) is 12.8. The molecule has 186 valence electrons. The molecule has 2 aromatic rings. The average Bonchev–Trinajstić information content (AvgIpc) is 2.81. The lowest BCUT2D eigenvalue weighted by molar-refractivity contribution is -0.142. The van der Waals surface area contributed by atoms with Crippen molar-refractivity contribution in [1.29, 1.82) is 0 Å². The van der Waals surface area contributed by atoms with Gasteiger partial charge in [-0.25, -0.2) is 0 Å². The van der Waals surface area contributed by atoms with E-state index in [9.17, 15) is 9.59 Å². The van der Waals surface area contributed by atoms with E-state index in [0.29, 0.717) is 18.8 Å². The number of ether oxygens (including phenoxy) is 2. The van der Waals surface area contributed by atoms with E-state index in [2.05, 4.69) is 48.9 Å². The SMILES string of the molecule is CCCCNC(=O)[C@@H](C)N(Cc1ccc(OC)cc1)C(=O)COc1ccc(C(C)(C)C)cc1Br. The van der Waals surface area contributed by atoms with Crippen LogP contribution in [-0.4, -0.2) is 43.0 Å². The fourth-order valence-electron chi connectivity index (χ4n) is 3.35. The number of nitrogens with one attached hydrogen (secondary N) is 1. The largest absolute Gasteiger partial charge is 0.497 e. The Kier molecular flexibility index (Phi) is 10.4. The lowest BCUT2D eigenvalue weighted by atomic mass is 9.87. The quantitative estimate of drug-likeness (QED) is 0.389. The summed E-state index contributed by atoms with van der Waals surface area (Å²) in [5.41, 5.74) is 2.07. The van der Waals surface area contributed by atoms with Gasteiger partial charge >= 0.3 is 0 Å². The molecule has 34 heavy (non-hydrogen) atoms. The van der Waals surface area contributed by atoms with Crippen molar-refractivity contribution in [3.05, 3.63) is 58.1 Å². The molecule has 0 spiro atoms. The Hall–Kier alpha value is -2.54. The number of carbonyl (C=O) groups excluding carboxylic acids is 2. The standard InChI is InChI=1S/C27H37BrN2O4/c1-7-8-15-29-26(32)19(2)30(17-20-9-12-22(33-6)13-10-20)25(31)18-34-24-14-11-21(16-23(24)28)27(3,4)5/h9-14,16,19H,7-8,15,17-18H2,1-6H3,(H,29,32)/t19-/m1/s1. The molecule has 0 aromatic heterocycles. The maximum Gasteiger partial charge on any atom is 0.261 e. The highest BCUT2D eigenvalue weighted by molar-refractivity contribution is 9.10. The summed E-state index contributed by atoms with van der Waals surface area (Å²) >= 11 is 3.56. The molecule has 2 rings (SSSR count). The highest BCUT2D eigenvalue weighted by Gasteiger charge is 2.26. The van der Waals surface area contributed by atoms with Gasteiger partial charge in [0.25, 0.3) is 5.91 Å². The molecule has 1 N–H and O–H groups in total. The van der Waals surface area contributed by atoms with Crippen LogP contribution in [0.4, 0.5) is 0 Å². The number of benzene rings is 2. The molecule has 0 bridgehead atoms. The minimum Gasteiger partial charge on any atom is -0.497 e. The third-order valence-electron chi connectivity index (χ3n) is 5.66. The van der Waals surface area contributed by atoms with Crippen LogP contribution in [0, 0.1) is 0 Å². The van der Waals surface area contributed by atoms with Gasteiger partial charge in [0, 0.05) is 13.1 Å². The van der Waals surface area contributed by atoms with Crippen LogP contribution in [-0.2, 0) is 21.5 Å². The Morgan fingerprint density at radius 3 is 2.35 bits per heavy atom. The van der Waals surface area contributed by atoms with Crippen LogP contribution in [0.5, 0.6) is 11.5 Å². The summed E-state index contributed by atoms with van der Waals surface area (Å²) in [5, 5.41) is 2.92. The van der Waals surface area contributed by atoms with Crippen molar-refractivity contribution in [3.63, 3.8) is 0 Å². The minimum absolute atomic E-state index is 0.00655. The Labute approximate surface area is 212 Å². The summed E-state index contributed by atoms with van der Waals surface area (Å²) in [5.74, 6) is 0.886. The molecule has 2 amide bonds. The summed E-state index contributed by atoms with van der Waals surface area (Å²) in [6.07, 6.45) is 1.88. The molecule has 0 unspecified atom stereocenters. The zero-order valence-electron chi connectivity index (χ0n) is 21.1. The third-order valence-corrected chi connectivity index (χ3v) is 6.28. The van der Waals surface area contributed by atoms with Crippen molar-refractivity contribution in [2.45, 2.75) is 65.5 Å². The van der Waals surface area contributed by atoms with Gasteiger partial charge in [0.1, 0.15) is 17.5 Å². The first-order valence-corrected chi connectivity index (χ1v) is 12.5. The smallest absolute Gasteiger partial charge is 0.261 e. The molecule has 0 radical (unpaired) electrons. The maximum absolute atomic E-state index is 13.2. The molecule has 0 saturated heterocycles. The van der Waals surface area contributed by atoms with E-state index in [1.807, 2.05) is 42.5 Å². The van der Waals surface area contributed by atoms with Crippen LogP contribution in [0.3, 0.4) is 0 Å². The molecule has 2 aromatic carbocycles. The number of hydrogen-bond donors (Lipinski definition) is 1. The van der Waals surface area contributed by atoms with E-state index in [1.54, 1.807) is 18.9 Å². The lowest BCUT2D eigenvalue weighted by Gasteiger charge is -2.29. The first-order chi connectivity index (χ1) is 16.1. The summed E-state index contributed by atoms with van der Waals surface area (Å²) in [6, 6.07) is 12.7.